The first kappa shape index (κ1) is 22.1. The molecule has 0 aromatic heterocycles. The molecular weight excluding hydrogens is 376 g/mol. The predicted octanol–water partition coefficient (Wildman–Crippen LogP) is 2.83. The molecule has 0 unspecified atom stereocenters. The molecule has 3 rings (SSSR count). The van der Waals surface area contributed by atoms with E-state index in [0.29, 0.717) is 6.54 Å². The fourth-order valence-corrected chi connectivity index (χ4v) is 3.53. The van der Waals surface area contributed by atoms with Crippen molar-refractivity contribution in [3.8, 4) is 5.75 Å². The van der Waals surface area contributed by atoms with Crippen molar-refractivity contribution in [1.82, 2.24) is 15.5 Å². The lowest BCUT2D eigenvalue weighted by Crippen LogP contribution is -2.38. The van der Waals surface area contributed by atoms with Crippen molar-refractivity contribution >= 4 is 5.96 Å². The fourth-order valence-electron chi connectivity index (χ4n) is 3.53. The lowest BCUT2D eigenvalue weighted by molar-refractivity contribution is 0.0341. The number of hydrogen-bond acceptors (Lipinski definition) is 4. The Labute approximate surface area is 180 Å². The molecule has 6 nitrogen and oxygen atoms in total. The molecule has 1 fully saturated rings. The van der Waals surface area contributed by atoms with E-state index in [2.05, 4.69) is 58.9 Å². The number of methoxy groups -OCH3 is 1. The summed E-state index contributed by atoms with van der Waals surface area (Å²) < 4.78 is 10.8. The molecule has 0 atom stereocenters. The van der Waals surface area contributed by atoms with Crippen LogP contribution in [0.1, 0.15) is 23.6 Å². The summed E-state index contributed by atoms with van der Waals surface area (Å²) in [5.41, 5.74) is 3.86. The number of ether oxygens (including phenoxy) is 2. The van der Waals surface area contributed by atoms with Crippen molar-refractivity contribution in [2.24, 2.45) is 4.99 Å². The standard InChI is InChI=1S/C24H34N4O2/c1-3-25-24(26-12-11-20-7-6-10-23(17-20)29-2)27-18-21-8-4-5-9-22(21)19-28-13-15-30-16-14-28/h4-10,17H,3,11-16,18-19H2,1-2H3,(H2,25,26,27). The Morgan fingerprint density at radius 1 is 1.07 bits per heavy atom. The highest BCUT2D eigenvalue weighted by molar-refractivity contribution is 5.79. The molecular formula is C24H34N4O2. The highest BCUT2D eigenvalue weighted by atomic mass is 16.5. The van der Waals surface area contributed by atoms with Crippen LogP contribution in [-0.4, -0.2) is 57.4 Å². The van der Waals surface area contributed by atoms with E-state index < -0.39 is 0 Å². The monoisotopic (exact) mass is 410 g/mol. The van der Waals surface area contributed by atoms with E-state index in [4.69, 9.17) is 14.5 Å². The highest BCUT2D eigenvalue weighted by Crippen LogP contribution is 2.14. The summed E-state index contributed by atoms with van der Waals surface area (Å²) in [7, 11) is 1.70. The molecule has 0 saturated carbocycles. The van der Waals surface area contributed by atoms with Crippen molar-refractivity contribution in [1.29, 1.82) is 0 Å². The van der Waals surface area contributed by atoms with Gasteiger partial charge in [-0.3, -0.25) is 4.90 Å². The third kappa shape index (κ3) is 7.04. The van der Waals surface area contributed by atoms with Gasteiger partial charge in [0.1, 0.15) is 5.75 Å². The van der Waals surface area contributed by atoms with Gasteiger partial charge in [-0.25, -0.2) is 4.99 Å². The summed E-state index contributed by atoms with van der Waals surface area (Å²) in [5, 5.41) is 6.80. The van der Waals surface area contributed by atoms with Crippen LogP contribution in [0.2, 0.25) is 0 Å². The number of hydrogen-bond donors (Lipinski definition) is 2. The Morgan fingerprint density at radius 3 is 2.63 bits per heavy atom. The Morgan fingerprint density at radius 2 is 1.87 bits per heavy atom. The van der Waals surface area contributed by atoms with Crippen molar-refractivity contribution in [2.75, 3.05) is 46.5 Å². The number of morpholine rings is 1. The van der Waals surface area contributed by atoms with Crippen LogP contribution < -0.4 is 15.4 Å². The Bertz CT molecular complexity index is 803. The number of nitrogens with zero attached hydrogens (tertiary/aromatic N) is 2. The minimum absolute atomic E-state index is 0.662. The summed E-state index contributed by atoms with van der Waals surface area (Å²) in [4.78, 5) is 7.28. The average molecular weight is 411 g/mol. The zero-order valence-electron chi connectivity index (χ0n) is 18.2. The summed E-state index contributed by atoms with van der Waals surface area (Å²) >= 11 is 0. The molecule has 1 heterocycles. The Hall–Kier alpha value is -2.57. The average Bonchev–Trinajstić information content (AvgIpc) is 2.79. The molecule has 1 aliphatic rings. The number of aliphatic imine (C=N–C) groups is 1. The lowest BCUT2D eigenvalue weighted by Gasteiger charge is -2.27. The topological polar surface area (TPSA) is 58.1 Å². The SMILES string of the molecule is CCNC(=NCc1ccccc1CN1CCOCC1)NCCc1cccc(OC)c1. The normalized spacial score (nSPS) is 15.1. The molecule has 6 heteroatoms. The molecule has 2 aromatic rings. The largest absolute Gasteiger partial charge is 0.497 e. The minimum Gasteiger partial charge on any atom is -0.497 e. The van der Waals surface area contributed by atoms with E-state index in [0.717, 1.165) is 64.1 Å². The third-order valence-corrected chi connectivity index (χ3v) is 5.21. The lowest BCUT2D eigenvalue weighted by atomic mass is 10.1. The van der Waals surface area contributed by atoms with Gasteiger partial charge in [0.05, 0.1) is 26.9 Å². The van der Waals surface area contributed by atoms with E-state index in [1.165, 1.54) is 16.7 Å². The van der Waals surface area contributed by atoms with Crippen LogP contribution in [0.25, 0.3) is 0 Å². The van der Waals surface area contributed by atoms with Crippen LogP contribution in [0.5, 0.6) is 5.75 Å². The van der Waals surface area contributed by atoms with Crippen molar-refractivity contribution in [3.63, 3.8) is 0 Å². The van der Waals surface area contributed by atoms with Crippen LogP contribution in [0.15, 0.2) is 53.5 Å². The Balaban J connectivity index is 1.57. The molecule has 1 aliphatic heterocycles. The summed E-state index contributed by atoms with van der Waals surface area (Å²) in [6.07, 6.45) is 0.912. The molecule has 0 amide bonds. The van der Waals surface area contributed by atoms with Gasteiger partial charge >= 0.3 is 0 Å². The molecule has 2 aromatic carbocycles. The van der Waals surface area contributed by atoms with Crippen molar-refractivity contribution < 1.29 is 9.47 Å². The molecule has 0 radical (unpaired) electrons. The predicted molar refractivity (Wildman–Crippen MR) is 122 cm³/mol. The van der Waals surface area contributed by atoms with Crippen LogP contribution in [0, 0.1) is 0 Å². The fraction of sp³-hybridized carbons (Fsp3) is 0.458. The summed E-state index contributed by atoms with van der Waals surface area (Å²) in [6.45, 7) is 8.98. The van der Waals surface area contributed by atoms with Gasteiger partial charge < -0.3 is 20.1 Å². The van der Waals surface area contributed by atoms with Crippen LogP contribution in [0.3, 0.4) is 0 Å². The van der Waals surface area contributed by atoms with E-state index in [-0.39, 0.29) is 0 Å². The molecule has 162 valence electrons. The van der Waals surface area contributed by atoms with Gasteiger partial charge in [0, 0.05) is 32.7 Å². The van der Waals surface area contributed by atoms with Gasteiger partial charge in [-0.1, -0.05) is 36.4 Å². The minimum atomic E-state index is 0.662. The number of benzene rings is 2. The van der Waals surface area contributed by atoms with E-state index in [1.807, 2.05) is 12.1 Å². The quantitative estimate of drug-likeness (QED) is 0.492. The maximum absolute atomic E-state index is 5.47. The van der Waals surface area contributed by atoms with Crippen molar-refractivity contribution in [2.45, 2.75) is 26.4 Å². The highest BCUT2D eigenvalue weighted by Gasteiger charge is 2.12. The first-order chi connectivity index (χ1) is 14.8. The van der Waals surface area contributed by atoms with E-state index in [1.54, 1.807) is 7.11 Å². The number of nitrogens with one attached hydrogen (secondary N) is 2. The van der Waals surface area contributed by atoms with Crippen LogP contribution >= 0.6 is 0 Å². The maximum Gasteiger partial charge on any atom is 0.191 e. The number of guanidine groups is 1. The van der Waals surface area contributed by atoms with Gasteiger partial charge in [-0.05, 0) is 42.2 Å². The second kappa shape index (κ2) is 12.2. The van der Waals surface area contributed by atoms with Crippen molar-refractivity contribution in [3.05, 3.63) is 65.2 Å². The zero-order valence-corrected chi connectivity index (χ0v) is 18.2. The number of rotatable bonds is 9. The van der Waals surface area contributed by atoms with Crippen LogP contribution in [0.4, 0.5) is 0 Å². The summed E-state index contributed by atoms with van der Waals surface area (Å²) in [6, 6.07) is 16.8. The summed E-state index contributed by atoms with van der Waals surface area (Å²) in [5.74, 6) is 1.74. The van der Waals surface area contributed by atoms with Gasteiger partial charge in [0.25, 0.3) is 0 Å². The van der Waals surface area contributed by atoms with Gasteiger partial charge in [0.2, 0.25) is 0 Å². The van der Waals surface area contributed by atoms with Crippen LogP contribution in [-0.2, 0) is 24.2 Å². The van der Waals surface area contributed by atoms with Gasteiger partial charge in [0.15, 0.2) is 5.96 Å². The smallest absolute Gasteiger partial charge is 0.191 e. The molecule has 1 saturated heterocycles. The second-order valence-electron chi connectivity index (χ2n) is 7.38. The molecule has 2 N–H and O–H groups in total. The van der Waals surface area contributed by atoms with Gasteiger partial charge in [-0.2, -0.15) is 0 Å². The van der Waals surface area contributed by atoms with E-state index in [9.17, 15) is 0 Å². The zero-order chi connectivity index (χ0) is 21.0. The first-order valence-electron chi connectivity index (χ1n) is 10.8. The van der Waals surface area contributed by atoms with E-state index >= 15 is 0 Å². The third-order valence-electron chi connectivity index (χ3n) is 5.21. The second-order valence-corrected chi connectivity index (χ2v) is 7.38. The molecule has 0 bridgehead atoms. The Kier molecular flexibility index (Phi) is 9.00. The maximum atomic E-state index is 5.47. The van der Waals surface area contributed by atoms with Gasteiger partial charge in [-0.15, -0.1) is 0 Å². The first-order valence-corrected chi connectivity index (χ1v) is 10.8. The molecule has 0 aliphatic carbocycles. The molecule has 30 heavy (non-hydrogen) atoms. The molecule has 0 spiro atoms.